The molecular formula is C28H20ClNO4S3. The SMILES string of the molecule is COc1ccc2c(c(CC(=O)O)c(C)n2C(=O)c2ccc(Cl)cc2)c1-c1ccc(-c2cc(=S)ss2)cc1. The van der Waals surface area contributed by atoms with Gasteiger partial charge < -0.3 is 9.84 Å². The van der Waals surface area contributed by atoms with Gasteiger partial charge in [0, 0.05) is 32.1 Å². The summed E-state index contributed by atoms with van der Waals surface area (Å²) < 4.78 is 8.15. The quantitative estimate of drug-likeness (QED) is 0.166. The van der Waals surface area contributed by atoms with Gasteiger partial charge in [0.05, 0.1) is 19.0 Å². The lowest BCUT2D eigenvalue weighted by molar-refractivity contribution is -0.136. The fourth-order valence-electron chi connectivity index (χ4n) is 4.54. The van der Waals surface area contributed by atoms with E-state index in [2.05, 4.69) is 0 Å². The van der Waals surface area contributed by atoms with E-state index >= 15 is 0 Å². The third-order valence-electron chi connectivity index (χ3n) is 6.22. The van der Waals surface area contributed by atoms with Crippen LogP contribution >= 0.6 is 44.5 Å². The summed E-state index contributed by atoms with van der Waals surface area (Å²) in [5, 5.41) is 11.0. The molecule has 0 unspecified atom stereocenters. The van der Waals surface area contributed by atoms with Crippen LogP contribution in [0.3, 0.4) is 0 Å². The summed E-state index contributed by atoms with van der Waals surface area (Å²) in [5.41, 5.74) is 4.85. The minimum absolute atomic E-state index is 0.236. The number of ether oxygens (including phenoxy) is 1. The molecule has 0 saturated heterocycles. The number of carboxylic acid groups (broad SMARTS) is 1. The molecule has 5 rings (SSSR count). The maximum Gasteiger partial charge on any atom is 0.307 e. The maximum absolute atomic E-state index is 13.6. The van der Waals surface area contributed by atoms with Gasteiger partial charge in [-0.3, -0.25) is 14.2 Å². The molecule has 0 aliphatic rings. The third-order valence-corrected chi connectivity index (χ3v) is 9.38. The van der Waals surface area contributed by atoms with Crippen LogP contribution < -0.4 is 4.74 Å². The molecule has 0 amide bonds. The van der Waals surface area contributed by atoms with Crippen LogP contribution in [0.25, 0.3) is 32.5 Å². The van der Waals surface area contributed by atoms with Crippen molar-refractivity contribution in [3.8, 4) is 27.3 Å². The fraction of sp³-hybridized carbons (Fsp3) is 0.107. The topological polar surface area (TPSA) is 68.5 Å². The molecule has 0 saturated carbocycles. The highest BCUT2D eigenvalue weighted by atomic mass is 35.5. The van der Waals surface area contributed by atoms with E-state index < -0.39 is 5.97 Å². The van der Waals surface area contributed by atoms with Crippen LogP contribution in [-0.4, -0.2) is 28.7 Å². The molecule has 37 heavy (non-hydrogen) atoms. The van der Waals surface area contributed by atoms with Crippen molar-refractivity contribution in [2.24, 2.45) is 0 Å². The Morgan fingerprint density at radius 2 is 1.68 bits per heavy atom. The Labute approximate surface area is 230 Å². The van der Waals surface area contributed by atoms with Gasteiger partial charge in [-0.05, 0) is 66.1 Å². The van der Waals surface area contributed by atoms with Gasteiger partial charge in [0.25, 0.3) is 5.91 Å². The highest BCUT2D eigenvalue weighted by molar-refractivity contribution is 7.80. The van der Waals surface area contributed by atoms with E-state index in [0.717, 1.165) is 25.4 Å². The summed E-state index contributed by atoms with van der Waals surface area (Å²) >= 11 is 11.3. The smallest absolute Gasteiger partial charge is 0.307 e. The molecule has 5 nitrogen and oxygen atoms in total. The highest BCUT2D eigenvalue weighted by Crippen LogP contribution is 2.42. The van der Waals surface area contributed by atoms with Gasteiger partial charge in [0.2, 0.25) is 0 Å². The zero-order chi connectivity index (χ0) is 26.3. The normalized spacial score (nSPS) is 11.1. The van der Waals surface area contributed by atoms with Gasteiger partial charge in [0.1, 0.15) is 9.57 Å². The van der Waals surface area contributed by atoms with Crippen molar-refractivity contribution in [1.82, 2.24) is 4.57 Å². The van der Waals surface area contributed by atoms with E-state index in [4.69, 9.17) is 28.6 Å². The van der Waals surface area contributed by atoms with Crippen LogP contribution in [0.4, 0.5) is 0 Å². The standard InChI is InChI=1S/C28H20ClNO4S3/c1-15-20(13-24(31)32)27-21(30(15)28(33)18-7-9-19(29)10-8-18)11-12-22(34-2)26(27)17-5-3-16(4-6-17)23-14-25(35)37-36-23/h3-12,14H,13H2,1-2H3,(H,31,32). The zero-order valence-electron chi connectivity index (χ0n) is 19.8. The lowest BCUT2D eigenvalue weighted by Gasteiger charge is -2.13. The summed E-state index contributed by atoms with van der Waals surface area (Å²) in [6.07, 6.45) is -0.236. The minimum Gasteiger partial charge on any atom is -0.496 e. The largest absolute Gasteiger partial charge is 0.496 e. The molecule has 2 aromatic heterocycles. The average molecular weight is 566 g/mol. The summed E-state index contributed by atoms with van der Waals surface area (Å²) in [4.78, 5) is 26.6. The van der Waals surface area contributed by atoms with Crippen molar-refractivity contribution in [3.05, 3.63) is 92.4 Å². The number of carbonyl (C=O) groups excluding carboxylic acids is 1. The number of rotatable bonds is 6. The number of aliphatic carboxylic acids is 1. The molecule has 0 radical (unpaired) electrons. The van der Waals surface area contributed by atoms with Gasteiger partial charge >= 0.3 is 5.97 Å². The Bertz CT molecular complexity index is 1710. The second-order valence-corrected chi connectivity index (χ2v) is 11.7. The molecule has 1 N–H and O–H groups in total. The van der Waals surface area contributed by atoms with Crippen molar-refractivity contribution in [2.75, 3.05) is 7.11 Å². The van der Waals surface area contributed by atoms with Gasteiger partial charge in [-0.1, -0.05) is 68.8 Å². The molecule has 0 fully saturated rings. The molecule has 0 atom stereocenters. The number of carboxylic acids is 1. The Kier molecular flexibility index (Phi) is 7.00. The molecule has 3 aromatic carbocycles. The average Bonchev–Trinajstić information content (AvgIpc) is 3.44. The van der Waals surface area contributed by atoms with Crippen molar-refractivity contribution in [2.45, 2.75) is 13.3 Å². The van der Waals surface area contributed by atoms with E-state index in [9.17, 15) is 14.7 Å². The van der Waals surface area contributed by atoms with Crippen LogP contribution in [0.5, 0.6) is 5.75 Å². The van der Waals surface area contributed by atoms with Crippen LogP contribution in [0.15, 0.2) is 66.7 Å². The van der Waals surface area contributed by atoms with Gasteiger partial charge in [-0.15, -0.1) is 0 Å². The molecule has 0 bridgehead atoms. The highest BCUT2D eigenvalue weighted by Gasteiger charge is 2.25. The monoisotopic (exact) mass is 565 g/mol. The molecule has 2 heterocycles. The molecule has 0 aliphatic heterocycles. The molecule has 5 aromatic rings. The molecule has 0 aliphatic carbocycles. The Balaban J connectivity index is 1.75. The predicted molar refractivity (Wildman–Crippen MR) is 153 cm³/mol. The first-order valence-electron chi connectivity index (χ1n) is 11.2. The maximum atomic E-state index is 13.6. The van der Waals surface area contributed by atoms with E-state index in [1.165, 1.54) is 0 Å². The van der Waals surface area contributed by atoms with Crippen molar-refractivity contribution in [3.63, 3.8) is 0 Å². The second kappa shape index (κ2) is 10.2. The molecule has 0 spiro atoms. The van der Waals surface area contributed by atoms with Crippen LogP contribution in [-0.2, 0) is 11.2 Å². The first-order valence-corrected chi connectivity index (χ1v) is 14.2. The fourth-order valence-corrected chi connectivity index (χ4v) is 7.07. The summed E-state index contributed by atoms with van der Waals surface area (Å²) in [5.74, 6) is -0.654. The number of halogens is 1. The van der Waals surface area contributed by atoms with Crippen LogP contribution in [0, 0.1) is 10.7 Å². The van der Waals surface area contributed by atoms with E-state index in [1.54, 1.807) is 69.6 Å². The molecule has 9 heteroatoms. The number of benzene rings is 3. The number of fused-ring (bicyclic) bond motifs is 1. The first-order chi connectivity index (χ1) is 17.8. The Hall–Kier alpha value is -3.30. The van der Waals surface area contributed by atoms with Crippen LogP contribution in [0.2, 0.25) is 5.02 Å². The number of carbonyl (C=O) groups is 2. The number of nitrogens with zero attached hydrogens (tertiary/aromatic N) is 1. The van der Waals surface area contributed by atoms with Crippen molar-refractivity contribution in [1.29, 1.82) is 0 Å². The predicted octanol–water partition coefficient (Wildman–Crippen LogP) is 8.11. The van der Waals surface area contributed by atoms with Gasteiger partial charge in [-0.2, -0.15) is 0 Å². The number of hydrogen-bond acceptors (Lipinski definition) is 6. The number of hydrogen-bond donors (Lipinski definition) is 1. The summed E-state index contributed by atoms with van der Waals surface area (Å²) in [6.45, 7) is 1.77. The lowest BCUT2D eigenvalue weighted by Crippen LogP contribution is -2.14. The third kappa shape index (κ3) is 4.73. The van der Waals surface area contributed by atoms with Crippen molar-refractivity contribution < 1.29 is 19.4 Å². The number of methoxy groups -OCH3 is 1. The molecule has 186 valence electrons. The van der Waals surface area contributed by atoms with Crippen molar-refractivity contribution >= 4 is 67.3 Å². The summed E-state index contributed by atoms with van der Waals surface area (Å²) in [6, 6.07) is 20.2. The number of aromatic nitrogens is 1. The Morgan fingerprint density at radius 1 is 1.00 bits per heavy atom. The van der Waals surface area contributed by atoms with Crippen LogP contribution in [0.1, 0.15) is 21.6 Å². The lowest BCUT2D eigenvalue weighted by atomic mass is 9.95. The van der Waals surface area contributed by atoms with E-state index in [-0.39, 0.29) is 12.3 Å². The van der Waals surface area contributed by atoms with E-state index in [1.807, 2.05) is 36.4 Å². The zero-order valence-corrected chi connectivity index (χ0v) is 23.0. The first kappa shape index (κ1) is 25.4. The second-order valence-electron chi connectivity index (χ2n) is 8.39. The van der Waals surface area contributed by atoms with Gasteiger partial charge in [-0.25, -0.2) is 0 Å². The van der Waals surface area contributed by atoms with Gasteiger partial charge in [0.15, 0.2) is 0 Å². The summed E-state index contributed by atoms with van der Waals surface area (Å²) in [7, 11) is 4.77. The molecular weight excluding hydrogens is 546 g/mol. The minimum atomic E-state index is -0.983. The van der Waals surface area contributed by atoms with E-state index in [0.29, 0.717) is 38.5 Å². The Morgan fingerprint density at radius 3 is 2.27 bits per heavy atom.